The normalized spacial score (nSPS) is 22.7. The van der Waals surface area contributed by atoms with E-state index in [1.165, 1.54) is 18.2 Å². The van der Waals surface area contributed by atoms with Crippen molar-refractivity contribution in [3.05, 3.63) is 35.6 Å². The van der Waals surface area contributed by atoms with Gasteiger partial charge in [-0.05, 0) is 18.2 Å². The molecule has 1 saturated heterocycles. The van der Waals surface area contributed by atoms with Gasteiger partial charge in [-0.15, -0.1) is 0 Å². The van der Waals surface area contributed by atoms with Crippen LogP contribution in [0, 0.1) is 5.82 Å². The second-order valence-corrected chi connectivity index (χ2v) is 4.15. The summed E-state index contributed by atoms with van der Waals surface area (Å²) in [5.41, 5.74) is -1.33. The predicted molar refractivity (Wildman–Crippen MR) is 59.7 cm³/mol. The first-order chi connectivity index (χ1) is 8.53. The molecule has 2 N–H and O–H groups in total. The van der Waals surface area contributed by atoms with Gasteiger partial charge in [-0.3, -0.25) is 4.79 Å². The molecule has 5 nitrogen and oxygen atoms in total. The van der Waals surface area contributed by atoms with Crippen molar-refractivity contribution in [1.29, 1.82) is 0 Å². The van der Waals surface area contributed by atoms with Crippen molar-refractivity contribution in [2.45, 2.75) is 12.0 Å². The molecular formula is C12H12FNO4. The lowest BCUT2D eigenvalue weighted by Gasteiger charge is -2.23. The Bertz CT molecular complexity index is 483. The molecule has 1 aromatic rings. The van der Waals surface area contributed by atoms with Gasteiger partial charge in [-0.25, -0.2) is 9.18 Å². The summed E-state index contributed by atoms with van der Waals surface area (Å²) < 4.78 is 18.0. The maximum Gasteiger partial charge on any atom is 0.331 e. The number of aliphatic carboxylic acids is 1. The second-order valence-electron chi connectivity index (χ2n) is 4.15. The van der Waals surface area contributed by atoms with E-state index in [9.17, 15) is 14.0 Å². The molecule has 0 aromatic heterocycles. The number of carbonyl (C=O) groups excluding carboxylic acids is 1. The first-order valence-corrected chi connectivity index (χ1v) is 5.43. The molecule has 0 saturated carbocycles. The monoisotopic (exact) mass is 253 g/mol. The molecule has 1 amide bonds. The van der Waals surface area contributed by atoms with Crippen LogP contribution in [0.1, 0.15) is 16.8 Å². The van der Waals surface area contributed by atoms with E-state index in [0.717, 1.165) is 6.07 Å². The van der Waals surface area contributed by atoms with Crippen molar-refractivity contribution >= 4 is 11.9 Å². The highest BCUT2D eigenvalue weighted by Crippen LogP contribution is 2.19. The molecule has 0 aliphatic carbocycles. The van der Waals surface area contributed by atoms with Gasteiger partial charge in [0.15, 0.2) is 5.54 Å². The highest BCUT2D eigenvalue weighted by molar-refractivity contribution is 5.98. The summed E-state index contributed by atoms with van der Waals surface area (Å²) in [6.07, 6.45) is 0.198. The number of rotatable bonds is 3. The number of carboxylic acid groups (broad SMARTS) is 1. The summed E-state index contributed by atoms with van der Waals surface area (Å²) in [6.45, 7) is 0.194. The molecule has 1 aliphatic heterocycles. The summed E-state index contributed by atoms with van der Waals surface area (Å²) in [6, 6.07) is 5.08. The van der Waals surface area contributed by atoms with Gasteiger partial charge in [-0.1, -0.05) is 6.07 Å². The number of benzene rings is 1. The molecule has 0 spiro atoms. The van der Waals surface area contributed by atoms with Crippen molar-refractivity contribution < 1.29 is 23.8 Å². The van der Waals surface area contributed by atoms with Gasteiger partial charge in [0.2, 0.25) is 0 Å². The van der Waals surface area contributed by atoms with Gasteiger partial charge in [0.1, 0.15) is 5.82 Å². The summed E-state index contributed by atoms with van der Waals surface area (Å²) in [5, 5.41) is 11.6. The number of ether oxygens (including phenoxy) is 1. The first kappa shape index (κ1) is 12.5. The Labute approximate surface area is 103 Å². The standard InChI is InChI=1S/C12H12FNO4/c13-9-3-1-2-8(6-9)10(15)14-12(11(16)17)4-5-18-7-12/h1-3,6H,4-5,7H2,(H,14,15)(H,16,17). The maximum atomic E-state index is 13.0. The van der Waals surface area contributed by atoms with Crippen LogP contribution in [-0.4, -0.2) is 35.7 Å². The van der Waals surface area contributed by atoms with Crippen LogP contribution in [0.5, 0.6) is 0 Å². The Hall–Kier alpha value is -1.95. The number of carbonyl (C=O) groups is 2. The third-order valence-corrected chi connectivity index (χ3v) is 2.87. The minimum absolute atomic E-state index is 0.0800. The second kappa shape index (κ2) is 4.73. The van der Waals surface area contributed by atoms with Crippen molar-refractivity contribution in [3.63, 3.8) is 0 Å². The van der Waals surface area contributed by atoms with Gasteiger partial charge in [0.05, 0.1) is 6.61 Å². The summed E-state index contributed by atoms with van der Waals surface area (Å²) in [7, 11) is 0. The van der Waals surface area contributed by atoms with Crippen LogP contribution in [0.3, 0.4) is 0 Å². The first-order valence-electron chi connectivity index (χ1n) is 5.43. The topological polar surface area (TPSA) is 75.6 Å². The van der Waals surface area contributed by atoms with Crippen LogP contribution in [0.2, 0.25) is 0 Å². The highest BCUT2D eigenvalue weighted by Gasteiger charge is 2.44. The molecule has 1 fully saturated rings. The van der Waals surface area contributed by atoms with E-state index >= 15 is 0 Å². The van der Waals surface area contributed by atoms with Gasteiger partial charge in [0, 0.05) is 18.6 Å². The lowest BCUT2D eigenvalue weighted by atomic mass is 9.98. The van der Waals surface area contributed by atoms with Crippen molar-refractivity contribution in [3.8, 4) is 0 Å². The SMILES string of the molecule is O=C(NC1(C(=O)O)CCOC1)c1cccc(F)c1. The molecule has 96 valence electrons. The van der Waals surface area contributed by atoms with E-state index < -0.39 is 23.2 Å². The predicted octanol–water partition coefficient (Wildman–Crippen LogP) is 0.799. The van der Waals surface area contributed by atoms with Gasteiger partial charge >= 0.3 is 5.97 Å². The van der Waals surface area contributed by atoms with Gasteiger partial charge < -0.3 is 15.2 Å². The van der Waals surface area contributed by atoms with Crippen molar-refractivity contribution in [2.75, 3.05) is 13.2 Å². The number of halogens is 1. The summed E-state index contributed by atoms with van der Waals surface area (Å²) in [4.78, 5) is 23.1. The van der Waals surface area contributed by atoms with Crippen LogP contribution < -0.4 is 5.32 Å². The minimum atomic E-state index is -1.41. The fourth-order valence-electron chi connectivity index (χ4n) is 1.80. The third-order valence-electron chi connectivity index (χ3n) is 2.87. The third kappa shape index (κ3) is 2.33. The molecule has 0 bridgehead atoms. The van der Waals surface area contributed by atoms with E-state index in [4.69, 9.17) is 9.84 Å². The molecule has 6 heteroatoms. The number of nitrogens with one attached hydrogen (secondary N) is 1. The minimum Gasteiger partial charge on any atom is -0.479 e. The van der Waals surface area contributed by atoms with E-state index in [1.54, 1.807) is 0 Å². The molecule has 1 heterocycles. The Balaban J connectivity index is 2.18. The van der Waals surface area contributed by atoms with Crippen LogP contribution in [0.15, 0.2) is 24.3 Å². The van der Waals surface area contributed by atoms with E-state index in [0.29, 0.717) is 0 Å². The zero-order chi connectivity index (χ0) is 13.2. The lowest BCUT2D eigenvalue weighted by Crippen LogP contribution is -2.55. The van der Waals surface area contributed by atoms with Crippen LogP contribution in [0.4, 0.5) is 4.39 Å². The Morgan fingerprint density at radius 3 is 2.78 bits per heavy atom. The molecule has 1 aromatic carbocycles. The summed E-state index contributed by atoms with van der Waals surface area (Å²) in [5.74, 6) is -2.32. The zero-order valence-electron chi connectivity index (χ0n) is 9.48. The van der Waals surface area contributed by atoms with Gasteiger partial charge in [-0.2, -0.15) is 0 Å². The number of carboxylic acids is 1. The fourth-order valence-corrected chi connectivity index (χ4v) is 1.80. The van der Waals surface area contributed by atoms with Crippen molar-refractivity contribution in [2.24, 2.45) is 0 Å². The molecular weight excluding hydrogens is 241 g/mol. The van der Waals surface area contributed by atoms with Crippen LogP contribution >= 0.6 is 0 Å². The largest absolute Gasteiger partial charge is 0.479 e. The summed E-state index contributed by atoms with van der Waals surface area (Å²) >= 11 is 0. The lowest BCUT2D eigenvalue weighted by molar-refractivity contribution is -0.144. The number of hydrogen-bond donors (Lipinski definition) is 2. The number of amides is 1. The van der Waals surface area contributed by atoms with Crippen LogP contribution in [0.25, 0.3) is 0 Å². The molecule has 2 rings (SSSR count). The van der Waals surface area contributed by atoms with Gasteiger partial charge in [0.25, 0.3) is 5.91 Å². The Morgan fingerprint density at radius 1 is 1.44 bits per heavy atom. The smallest absolute Gasteiger partial charge is 0.331 e. The highest BCUT2D eigenvalue weighted by atomic mass is 19.1. The molecule has 1 atom stereocenters. The molecule has 18 heavy (non-hydrogen) atoms. The number of hydrogen-bond acceptors (Lipinski definition) is 3. The van der Waals surface area contributed by atoms with E-state index in [-0.39, 0.29) is 25.2 Å². The molecule has 0 radical (unpaired) electrons. The zero-order valence-corrected chi connectivity index (χ0v) is 9.48. The molecule has 1 aliphatic rings. The van der Waals surface area contributed by atoms with Crippen LogP contribution in [-0.2, 0) is 9.53 Å². The average molecular weight is 253 g/mol. The Morgan fingerprint density at radius 2 is 2.22 bits per heavy atom. The fraction of sp³-hybridized carbons (Fsp3) is 0.333. The quantitative estimate of drug-likeness (QED) is 0.835. The van der Waals surface area contributed by atoms with E-state index in [1.807, 2.05) is 0 Å². The average Bonchev–Trinajstić information content (AvgIpc) is 2.79. The Kier molecular flexibility index (Phi) is 3.29. The maximum absolute atomic E-state index is 13.0. The van der Waals surface area contributed by atoms with E-state index in [2.05, 4.69) is 5.32 Å². The molecule has 1 unspecified atom stereocenters. The van der Waals surface area contributed by atoms with Crippen molar-refractivity contribution in [1.82, 2.24) is 5.32 Å².